The summed E-state index contributed by atoms with van der Waals surface area (Å²) in [7, 11) is 0. The Kier molecular flexibility index (Phi) is 5.81. The second kappa shape index (κ2) is 10.5. The number of benzene rings is 7. The van der Waals surface area contributed by atoms with Crippen molar-refractivity contribution in [3.05, 3.63) is 152 Å². The first kappa shape index (κ1) is 26.6. The summed E-state index contributed by atoms with van der Waals surface area (Å²) in [5, 5.41) is 6.40. The topological polar surface area (TPSA) is 65.0 Å². The zero-order chi connectivity index (χ0) is 31.6. The summed E-state index contributed by atoms with van der Waals surface area (Å²) in [6, 6.07) is 51.7. The quantitative estimate of drug-likeness (QED) is 0.197. The van der Waals surface area contributed by atoms with Crippen LogP contribution in [0.25, 0.3) is 99.9 Å². The number of hydrogen-bond acceptors (Lipinski definition) is 5. The van der Waals surface area contributed by atoms with Crippen LogP contribution >= 0.6 is 0 Å². The number of rotatable bonds is 4. The van der Waals surface area contributed by atoms with Crippen LogP contribution < -0.4 is 0 Å². The van der Waals surface area contributed by atoms with Crippen LogP contribution in [0.4, 0.5) is 0 Å². The molecule has 0 N–H and O–H groups in total. The molecular formula is C43H25N3O2. The zero-order valence-corrected chi connectivity index (χ0v) is 25.6. The molecule has 7 aromatic carbocycles. The van der Waals surface area contributed by atoms with Crippen molar-refractivity contribution in [3.63, 3.8) is 0 Å². The van der Waals surface area contributed by atoms with Gasteiger partial charge in [-0.15, -0.1) is 0 Å². The number of fused-ring (bicyclic) bond motifs is 8. The molecule has 0 saturated carbocycles. The van der Waals surface area contributed by atoms with Crippen LogP contribution in [-0.2, 0) is 0 Å². The third kappa shape index (κ3) is 4.22. The van der Waals surface area contributed by atoms with Gasteiger partial charge in [0.25, 0.3) is 0 Å². The minimum atomic E-state index is 0.594. The molecule has 0 aliphatic carbocycles. The molecule has 0 unspecified atom stereocenters. The highest BCUT2D eigenvalue weighted by atomic mass is 16.3. The first-order valence-corrected chi connectivity index (χ1v) is 15.9. The van der Waals surface area contributed by atoms with Gasteiger partial charge in [-0.05, 0) is 65.0 Å². The van der Waals surface area contributed by atoms with Gasteiger partial charge < -0.3 is 8.83 Å². The maximum Gasteiger partial charge on any atom is 0.164 e. The summed E-state index contributed by atoms with van der Waals surface area (Å²) in [6.07, 6.45) is 0. The van der Waals surface area contributed by atoms with Crippen molar-refractivity contribution < 1.29 is 8.83 Å². The van der Waals surface area contributed by atoms with Crippen LogP contribution in [0.5, 0.6) is 0 Å². The Morgan fingerprint density at radius 3 is 1.50 bits per heavy atom. The molecule has 0 radical (unpaired) electrons. The second-order valence-corrected chi connectivity index (χ2v) is 12.0. The first-order valence-electron chi connectivity index (χ1n) is 15.9. The van der Waals surface area contributed by atoms with Gasteiger partial charge in [-0.1, -0.05) is 103 Å². The van der Waals surface area contributed by atoms with Crippen molar-refractivity contribution in [2.45, 2.75) is 0 Å². The van der Waals surface area contributed by atoms with E-state index in [-0.39, 0.29) is 0 Å². The van der Waals surface area contributed by atoms with E-state index in [2.05, 4.69) is 72.8 Å². The van der Waals surface area contributed by atoms with Crippen LogP contribution in [0.2, 0.25) is 0 Å². The van der Waals surface area contributed by atoms with Gasteiger partial charge in [-0.2, -0.15) is 0 Å². The average Bonchev–Trinajstić information content (AvgIpc) is 3.73. The van der Waals surface area contributed by atoms with E-state index in [0.717, 1.165) is 76.9 Å². The molecule has 0 aliphatic heterocycles. The lowest BCUT2D eigenvalue weighted by atomic mass is 9.95. The van der Waals surface area contributed by atoms with Gasteiger partial charge in [0.2, 0.25) is 0 Å². The first-order chi connectivity index (χ1) is 23.8. The van der Waals surface area contributed by atoms with Crippen LogP contribution in [0, 0.1) is 0 Å². The fourth-order valence-corrected chi connectivity index (χ4v) is 6.81. The van der Waals surface area contributed by atoms with Gasteiger partial charge >= 0.3 is 0 Å². The van der Waals surface area contributed by atoms with Crippen molar-refractivity contribution in [2.75, 3.05) is 0 Å². The molecule has 0 amide bonds. The Labute approximate surface area is 274 Å². The molecule has 5 heteroatoms. The number of nitrogens with zero attached hydrogens (tertiary/aromatic N) is 3. The SMILES string of the molecule is c1ccc(-c2nc(-c3ccc4oc5ccccc5c4c3)nc(-c3ccc4oc5c6ccccc6c(-c6ccccc6)cc5c4c3)n2)cc1. The van der Waals surface area contributed by atoms with Crippen molar-refractivity contribution in [1.82, 2.24) is 15.0 Å². The molecule has 0 atom stereocenters. The number of furan rings is 2. The molecule has 0 fully saturated rings. The molecule has 10 aromatic rings. The minimum absolute atomic E-state index is 0.594. The summed E-state index contributed by atoms with van der Waals surface area (Å²) >= 11 is 0. The van der Waals surface area contributed by atoms with Crippen molar-refractivity contribution in [1.29, 1.82) is 0 Å². The predicted octanol–water partition coefficient (Wildman–Crippen LogP) is 11.5. The Balaban J connectivity index is 1.19. The lowest BCUT2D eigenvalue weighted by molar-refractivity contribution is 0.669. The smallest absolute Gasteiger partial charge is 0.164 e. The molecule has 0 bridgehead atoms. The van der Waals surface area contributed by atoms with E-state index >= 15 is 0 Å². The van der Waals surface area contributed by atoms with Crippen molar-refractivity contribution >= 4 is 54.6 Å². The third-order valence-electron chi connectivity index (χ3n) is 9.12. The summed E-state index contributed by atoms with van der Waals surface area (Å²) in [5.41, 5.74) is 8.41. The summed E-state index contributed by atoms with van der Waals surface area (Å²) < 4.78 is 12.6. The molecule has 0 aliphatic rings. The van der Waals surface area contributed by atoms with Crippen molar-refractivity contribution in [2.24, 2.45) is 0 Å². The monoisotopic (exact) mass is 615 g/mol. The fourth-order valence-electron chi connectivity index (χ4n) is 6.81. The molecular weight excluding hydrogens is 590 g/mol. The molecule has 0 spiro atoms. The minimum Gasteiger partial charge on any atom is -0.456 e. The second-order valence-electron chi connectivity index (χ2n) is 12.0. The highest BCUT2D eigenvalue weighted by molar-refractivity contribution is 6.19. The maximum atomic E-state index is 6.54. The van der Waals surface area contributed by atoms with Crippen LogP contribution in [-0.4, -0.2) is 15.0 Å². The summed E-state index contributed by atoms with van der Waals surface area (Å²) in [4.78, 5) is 15.1. The standard InChI is InChI=1S/C43H25N3O2/c1-3-11-26(12-4-1)33-25-36-35-24-29(20-22-39(35)48-40(36)32-17-8-7-15-30(32)33)43-45-41(27-13-5-2-6-14-27)44-42(46-43)28-19-21-38-34(23-28)31-16-9-10-18-37(31)47-38/h1-25H. The zero-order valence-electron chi connectivity index (χ0n) is 25.6. The predicted molar refractivity (Wildman–Crippen MR) is 194 cm³/mol. The van der Waals surface area contributed by atoms with E-state index in [0.29, 0.717) is 17.5 Å². The highest BCUT2D eigenvalue weighted by Crippen LogP contribution is 2.41. The van der Waals surface area contributed by atoms with E-state index in [1.807, 2.05) is 78.9 Å². The summed E-state index contributed by atoms with van der Waals surface area (Å²) in [5.74, 6) is 1.80. The molecule has 48 heavy (non-hydrogen) atoms. The van der Waals surface area contributed by atoms with Gasteiger partial charge in [-0.3, -0.25) is 0 Å². The maximum absolute atomic E-state index is 6.54. The Morgan fingerprint density at radius 2 is 0.812 bits per heavy atom. The molecule has 5 nitrogen and oxygen atoms in total. The van der Waals surface area contributed by atoms with E-state index < -0.39 is 0 Å². The lowest BCUT2D eigenvalue weighted by Gasteiger charge is -2.09. The van der Waals surface area contributed by atoms with Gasteiger partial charge in [-0.25, -0.2) is 15.0 Å². The Bertz CT molecular complexity index is 2840. The van der Waals surface area contributed by atoms with Gasteiger partial charge in [0.1, 0.15) is 22.3 Å². The molecule has 3 heterocycles. The van der Waals surface area contributed by atoms with Crippen LogP contribution in [0.1, 0.15) is 0 Å². The molecule has 224 valence electrons. The molecule has 0 saturated heterocycles. The molecule has 3 aromatic heterocycles. The number of para-hydroxylation sites is 1. The van der Waals surface area contributed by atoms with E-state index in [4.69, 9.17) is 23.8 Å². The van der Waals surface area contributed by atoms with Crippen LogP contribution in [0.15, 0.2) is 160 Å². The summed E-state index contributed by atoms with van der Waals surface area (Å²) in [6.45, 7) is 0. The van der Waals surface area contributed by atoms with E-state index in [9.17, 15) is 0 Å². The van der Waals surface area contributed by atoms with E-state index in [1.165, 1.54) is 5.56 Å². The van der Waals surface area contributed by atoms with Gasteiger partial charge in [0, 0.05) is 43.6 Å². The largest absolute Gasteiger partial charge is 0.456 e. The van der Waals surface area contributed by atoms with Gasteiger partial charge in [0.15, 0.2) is 17.5 Å². The Morgan fingerprint density at radius 1 is 0.312 bits per heavy atom. The highest BCUT2D eigenvalue weighted by Gasteiger charge is 2.18. The molecule has 10 rings (SSSR count). The van der Waals surface area contributed by atoms with Crippen LogP contribution in [0.3, 0.4) is 0 Å². The van der Waals surface area contributed by atoms with Gasteiger partial charge in [0.05, 0.1) is 0 Å². The fraction of sp³-hybridized carbons (Fsp3) is 0. The third-order valence-corrected chi connectivity index (χ3v) is 9.12. The van der Waals surface area contributed by atoms with E-state index in [1.54, 1.807) is 0 Å². The van der Waals surface area contributed by atoms with Crippen molar-refractivity contribution in [3.8, 4) is 45.3 Å². The Hall–Kier alpha value is -6.59. The number of aromatic nitrogens is 3. The lowest BCUT2D eigenvalue weighted by Crippen LogP contribution is -2.00. The average molecular weight is 616 g/mol. The normalized spacial score (nSPS) is 11.8. The number of hydrogen-bond donors (Lipinski definition) is 0.